The van der Waals surface area contributed by atoms with Gasteiger partial charge in [-0.3, -0.25) is 14.4 Å². The molecule has 2 amide bonds. The van der Waals surface area contributed by atoms with Gasteiger partial charge in [0, 0.05) is 57.4 Å². The lowest BCUT2D eigenvalue weighted by Gasteiger charge is -2.62. The number of hydroxylamine groups is 2. The first-order valence-corrected chi connectivity index (χ1v) is 19.2. The van der Waals surface area contributed by atoms with Crippen molar-refractivity contribution in [3.63, 3.8) is 0 Å². The molecule has 7 rings (SSSR count). The molecule has 1 heterocycles. The number of nitrogens with zero attached hydrogens (tertiary/aromatic N) is 2. The summed E-state index contributed by atoms with van der Waals surface area (Å²) in [5.41, 5.74) is 6.73. The SMILES string of the molecule is CNC(=O)c1cc(-c2cccc(CN3O[C@@H](CNCc4ccc(C(=O)O)cc4)[C@@H]([C@H](C)O)[C@H]3C(=O)N[C@H]3C[C@@H]4C[C@H]([C@@H]3C)C4(C)C)c2C)cc(N(C)C)c1. The molecule has 1 aliphatic heterocycles. The molecule has 0 unspecified atom stereocenters. The number of fused-ring (bicyclic) bond motifs is 2. The Hall–Kier alpha value is -4.29. The van der Waals surface area contributed by atoms with E-state index in [4.69, 9.17) is 4.84 Å². The fourth-order valence-corrected chi connectivity index (χ4v) is 9.26. The number of aromatic carboxylic acids is 1. The zero-order valence-corrected chi connectivity index (χ0v) is 32.8. The molecule has 8 atom stereocenters. The number of anilines is 1. The highest BCUT2D eigenvalue weighted by molar-refractivity contribution is 5.97. The first kappa shape index (κ1) is 39.4. The van der Waals surface area contributed by atoms with Gasteiger partial charge >= 0.3 is 5.97 Å². The first-order chi connectivity index (χ1) is 25.6. The van der Waals surface area contributed by atoms with Crippen molar-refractivity contribution in [1.29, 1.82) is 0 Å². The van der Waals surface area contributed by atoms with E-state index < -0.39 is 30.1 Å². The smallest absolute Gasteiger partial charge is 0.335 e. The van der Waals surface area contributed by atoms with E-state index in [0.29, 0.717) is 43.0 Å². The number of aliphatic hydroxyl groups is 1. The minimum atomic E-state index is -0.974. The summed E-state index contributed by atoms with van der Waals surface area (Å²) >= 11 is 0. The Labute approximate surface area is 319 Å². The van der Waals surface area contributed by atoms with E-state index in [1.807, 2.05) is 49.3 Å². The molecule has 11 nitrogen and oxygen atoms in total. The van der Waals surface area contributed by atoms with Gasteiger partial charge in [-0.25, -0.2) is 4.79 Å². The predicted octanol–water partition coefficient (Wildman–Crippen LogP) is 5.24. The van der Waals surface area contributed by atoms with Gasteiger partial charge in [0.1, 0.15) is 6.04 Å². The van der Waals surface area contributed by atoms with Crippen LogP contribution in [-0.4, -0.2) is 85.0 Å². The molecule has 54 heavy (non-hydrogen) atoms. The second-order valence-corrected chi connectivity index (χ2v) is 16.5. The number of hydrogen-bond acceptors (Lipinski definition) is 8. The Balaban J connectivity index is 1.28. The molecular formula is C43H57N5O6. The maximum Gasteiger partial charge on any atom is 0.335 e. The van der Waals surface area contributed by atoms with Crippen molar-refractivity contribution in [2.24, 2.45) is 29.1 Å². The lowest BCUT2D eigenvalue weighted by Crippen LogP contribution is -2.62. The van der Waals surface area contributed by atoms with Crippen LogP contribution in [0.15, 0.2) is 60.7 Å². The Bertz CT molecular complexity index is 1860. The van der Waals surface area contributed by atoms with Crippen molar-refractivity contribution in [3.8, 4) is 11.1 Å². The topological polar surface area (TPSA) is 143 Å². The Morgan fingerprint density at radius 1 is 1.04 bits per heavy atom. The number of amides is 2. The van der Waals surface area contributed by atoms with Crippen LogP contribution in [-0.2, 0) is 22.7 Å². The molecule has 0 spiro atoms. The van der Waals surface area contributed by atoms with Crippen LogP contribution in [0.2, 0.25) is 0 Å². The number of carbonyl (C=O) groups excluding carboxylic acids is 2. The molecule has 4 aliphatic rings. The third-order valence-corrected chi connectivity index (χ3v) is 12.8. The standard InChI is InChI=1S/C43H57N5O6/c1-24-29(10-9-11-34(24)30-16-31(40(50)44-6)18-33(17-30)47(7)8)23-48-39(41(51)46-36-20-32-19-35(25(36)2)43(32,4)5)38(26(3)49)37(54-48)22-45-21-27-12-14-28(15-13-27)42(52)53/h9-18,25-26,32,35-39,45,49H,19-23H2,1-8H3,(H,44,50)(H,46,51)(H,52,53)/t25-,26-,32-,35+,36-,37-,38+,39-/m0/s1. The normalized spacial score (nSPS) is 26.4. The van der Waals surface area contributed by atoms with E-state index in [9.17, 15) is 24.6 Å². The van der Waals surface area contributed by atoms with Crippen LogP contribution in [0.4, 0.5) is 5.69 Å². The fraction of sp³-hybridized carbons (Fsp3) is 0.512. The quantitative estimate of drug-likeness (QED) is 0.159. The van der Waals surface area contributed by atoms with Crippen LogP contribution < -0.4 is 20.9 Å². The van der Waals surface area contributed by atoms with Crippen molar-refractivity contribution >= 4 is 23.5 Å². The highest BCUT2D eigenvalue weighted by Crippen LogP contribution is 2.61. The van der Waals surface area contributed by atoms with Crippen LogP contribution in [0, 0.1) is 36.0 Å². The van der Waals surface area contributed by atoms with E-state index in [1.54, 1.807) is 43.3 Å². The summed E-state index contributed by atoms with van der Waals surface area (Å²) in [6, 6.07) is 17.9. The second kappa shape index (κ2) is 15.8. The summed E-state index contributed by atoms with van der Waals surface area (Å²) in [6.07, 6.45) is 0.804. The molecule has 3 aliphatic carbocycles. The summed E-state index contributed by atoms with van der Waals surface area (Å²) in [4.78, 5) is 47.2. The number of hydrogen-bond donors (Lipinski definition) is 5. The average Bonchev–Trinajstić information content (AvgIpc) is 3.50. The molecule has 0 aromatic heterocycles. The number of rotatable bonds is 13. The van der Waals surface area contributed by atoms with E-state index in [-0.39, 0.29) is 28.8 Å². The Morgan fingerprint density at radius 3 is 2.37 bits per heavy atom. The predicted molar refractivity (Wildman–Crippen MR) is 210 cm³/mol. The maximum atomic E-state index is 14.5. The molecule has 3 aromatic carbocycles. The van der Waals surface area contributed by atoms with Crippen LogP contribution in [0.3, 0.4) is 0 Å². The third-order valence-electron chi connectivity index (χ3n) is 12.8. The van der Waals surface area contributed by atoms with Gasteiger partial charge in [-0.05, 0) is 108 Å². The van der Waals surface area contributed by atoms with Crippen molar-refractivity contribution in [1.82, 2.24) is 21.0 Å². The minimum Gasteiger partial charge on any atom is -0.478 e. The molecule has 11 heteroatoms. The molecular weight excluding hydrogens is 683 g/mol. The van der Waals surface area contributed by atoms with Crippen molar-refractivity contribution < 1.29 is 29.4 Å². The minimum absolute atomic E-state index is 0.0558. The lowest BCUT2D eigenvalue weighted by atomic mass is 9.45. The zero-order valence-electron chi connectivity index (χ0n) is 32.8. The number of aliphatic hydroxyl groups excluding tert-OH is 1. The van der Waals surface area contributed by atoms with Crippen molar-refractivity contribution in [2.45, 2.75) is 84.8 Å². The summed E-state index contributed by atoms with van der Waals surface area (Å²) in [5.74, 6) is -0.309. The molecule has 2 bridgehead atoms. The van der Waals surface area contributed by atoms with Crippen LogP contribution in [0.25, 0.3) is 11.1 Å². The van der Waals surface area contributed by atoms with Gasteiger partial charge in [0.2, 0.25) is 5.91 Å². The second-order valence-electron chi connectivity index (χ2n) is 16.5. The highest BCUT2D eigenvalue weighted by Gasteiger charge is 2.57. The first-order valence-electron chi connectivity index (χ1n) is 19.2. The van der Waals surface area contributed by atoms with Crippen LogP contribution >= 0.6 is 0 Å². The van der Waals surface area contributed by atoms with Crippen molar-refractivity contribution in [3.05, 3.63) is 88.5 Å². The van der Waals surface area contributed by atoms with E-state index >= 15 is 0 Å². The van der Waals surface area contributed by atoms with Gasteiger partial charge in [0.05, 0.1) is 24.3 Å². The van der Waals surface area contributed by atoms with Gasteiger partial charge in [-0.1, -0.05) is 51.1 Å². The number of nitrogens with one attached hydrogen (secondary N) is 3. The molecule has 3 aromatic rings. The number of carboxylic acids is 1. The molecule has 3 saturated carbocycles. The number of benzene rings is 3. The third kappa shape index (κ3) is 7.77. The summed E-state index contributed by atoms with van der Waals surface area (Å²) in [5, 5.41) is 31.9. The number of carboxylic acid groups (broad SMARTS) is 1. The molecule has 290 valence electrons. The molecule has 0 radical (unpaired) electrons. The maximum absolute atomic E-state index is 14.5. The Morgan fingerprint density at radius 2 is 1.76 bits per heavy atom. The van der Waals surface area contributed by atoms with Gasteiger partial charge in [0.15, 0.2) is 0 Å². The average molecular weight is 740 g/mol. The van der Waals surface area contributed by atoms with Crippen molar-refractivity contribution in [2.75, 3.05) is 32.6 Å². The highest BCUT2D eigenvalue weighted by atomic mass is 16.7. The largest absolute Gasteiger partial charge is 0.478 e. The van der Waals surface area contributed by atoms with Crippen LogP contribution in [0.1, 0.15) is 77.9 Å². The number of carbonyl (C=O) groups is 3. The summed E-state index contributed by atoms with van der Waals surface area (Å²) < 4.78 is 0. The molecule has 5 N–H and O–H groups in total. The fourth-order valence-electron chi connectivity index (χ4n) is 9.26. The van der Waals surface area contributed by atoms with Gasteiger partial charge in [-0.15, -0.1) is 0 Å². The zero-order chi connectivity index (χ0) is 39.1. The van der Waals surface area contributed by atoms with Gasteiger partial charge < -0.3 is 31.1 Å². The van der Waals surface area contributed by atoms with Gasteiger partial charge in [0.25, 0.3) is 5.91 Å². The lowest BCUT2D eigenvalue weighted by molar-refractivity contribution is -0.176. The van der Waals surface area contributed by atoms with Gasteiger partial charge in [-0.2, -0.15) is 5.06 Å². The van der Waals surface area contributed by atoms with E-state index in [0.717, 1.165) is 39.9 Å². The monoisotopic (exact) mass is 739 g/mol. The van der Waals surface area contributed by atoms with Crippen LogP contribution in [0.5, 0.6) is 0 Å². The molecule has 4 fully saturated rings. The molecule has 1 saturated heterocycles. The Kier molecular flexibility index (Phi) is 11.5. The van der Waals surface area contributed by atoms with E-state index in [1.165, 1.54) is 6.42 Å². The summed E-state index contributed by atoms with van der Waals surface area (Å²) in [6.45, 7) is 11.9. The van der Waals surface area contributed by atoms with E-state index in [2.05, 4.69) is 49.7 Å². The summed E-state index contributed by atoms with van der Waals surface area (Å²) in [7, 11) is 5.52.